The van der Waals surface area contributed by atoms with Gasteiger partial charge in [0.05, 0.1) is 6.20 Å². The highest BCUT2D eigenvalue weighted by molar-refractivity contribution is 5.66. The van der Waals surface area contributed by atoms with E-state index in [4.69, 9.17) is 0 Å². The maximum atomic E-state index is 4.60. The van der Waals surface area contributed by atoms with E-state index in [1.54, 1.807) is 0 Å². The highest BCUT2D eigenvalue weighted by atomic mass is 15.3. The van der Waals surface area contributed by atoms with Crippen molar-refractivity contribution >= 4 is 0 Å². The van der Waals surface area contributed by atoms with Crippen LogP contribution in [0.2, 0.25) is 0 Å². The van der Waals surface area contributed by atoms with Crippen molar-refractivity contribution in [3.8, 4) is 11.1 Å². The van der Waals surface area contributed by atoms with Gasteiger partial charge in [0.2, 0.25) is 0 Å². The number of benzene rings is 1. The maximum Gasteiger partial charge on any atom is 0.0571 e. The second-order valence-corrected chi connectivity index (χ2v) is 6.06. The van der Waals surface area contributed by atoms with Crippen LogP contribution in [0.4, 0.5) is 0 Å². The average Bonchev–Trinajstić information content (AvgIpc) is 3.00. The standard InChI is InChI=1S/C17H23N3/c1-12-6-13(2)8-16(7-12)17-10-19-20(14(17)3)11-15-4-5-18-9-15/h6-8,10,15,18H,4-5,9,11H2,1-3H3. The molecule has 1 saturated heterocycles. The molecular formula is C17H23N3. The first-order chi connectivity index (χ1) is 9.63. The van der Waals surface area contributed by atoms with Crippen molar-refractivity contribution in [2.45, 2.75) is 33.7 Å². The lowest BCUT2D eigenvalue weighted by Crippen LogP contribution is -2.16. The minimum atomic E-state index is 0.723. The van der Waals surface area contributed by atoms with E-state index in [1.807, 2.05) is 6.20 Å². The molecule has 1 aromatic heterocycles. The Balaban J connectivity index is 1.88. The summed E-state index contributed by atoms with van der Waals surface area (Å²) in [6, 6.07) is 6.71. The molecule has 1 aliphatic rings. The summed E-state index contributed by atoms with van der Waals surface area (Å²) in [4.78, 5) is 0. The van der Waals surface area contributed by atoms with Crippen molar-refractivity contribution in [2.24, 2.45) is 5.92 Å². The lowest BCUT2D eigenvalue weighted by atomic mass is 10.0. The van der Waals surface area contributed by atoms with E-state index in [2.05, 4.69) is 54.1 Å². The van der Waals surface area contributed by atoms with Crippen LogP contribution >= 0.6 is 0 Å². The van der Waals surface area contributed by atoms with Gasteiger partial charge < -0.3 is 5.32 Å². The number of rotatable bonds is 3. The molecule has 1 N–H and O–H groups in total. The second kappa shape index (κ2) is 5.41. The van der Waals surface area contributed by atoms with Crippen LogP contribution in [0.5, 0.6) is 0 Å². The van der Waals surface area contributed by atoms with Crippen molar-refractivity contribution in [3.63, 3.8) is 0 Å². The predicted molar refractivity (Wildman–Crippen MR) is 82.9 cm³/mol. The minimum Gasteiger partial charge on any atom is -0.316 e. The number of hydrogen-bond acceptors (Lipinski definition) is 2. The van der Waals surface area contributed by atoms with Gasteiger partial charge in [0.25, 0.3) is 0 Å². The molecule has 1 aromatic carbocycles. The van der Waals surface area contributed by atoms with Gasteiger partial charge in [-0.3, -0.25) is 4.68 Å². The van der Waals surface area contributed by atoms with E-state index in [0.717, 1.165) is 25.6 Å². The quantitative estimate of drug-likeness (QED) is 0.928. The number of aromatic nitrogens is 2. The number of nitrogens with zero attached hydrogens (tertiary/aromatic N) is 2. The molecule has 0 amide bonds. The van der Waals surface area contributed by atoms with E-state index in [9.17, 15) is 0 Å². The molecule has 1 fully saturated rings. The Hall–Kier alpha value is -1.61. The molecule has 106 valence electrons. The highest BCUT2D eigenvalue weighted by Crippen LogP contribution is 2.26. The number of nitrogens with one attached hydrogen (secondary N) is 1. The average molecular weight is 269 g/mol. The first kappa shape index (κ1) is 13.4. The Kier molecular flexibility index (Phi) is 3.62. The monoisotopic (exact) mass is 269 g/mol. The van der Waals surface area contributed by atoms with Crippen molar-refractivity contribution < 1.29 is 0 Å². The van der Waals surface area contributed by atoms with Crippen LogP contribution in [-0.2, 0) is 6.54 Å². The maximum absolute atomic E-state index is 4.60. The smallest absolute Gasteiger partial charge is 0.0571 e. The summed E-state index contributed by atoms with van der Waals surface area (Å²) in [6.45, 7) is 9.79. The fourth-order valence-electron chi connectivity index (χ4n) is 3.16. The third kappa shape index (κ3) is 2.63. The summed E-state index contributed by atoms with van der Waals surface area (Å²) in [7, 11) is 0. The molecule has 1 atom stereocenters. The van der Waals surface area contributed by atoms with E-state index < -0.39 is 0 Å². The summed E-state index contributed by atoms with van der Waals surface area (Å²) in [5.41, 5.74) is 6.46. The van der Waals surface area contributed by atoms with Gasteiger partial charge in [-0.15, -0.1) is 0 Å². The molecule has 2 heterocycles. The second-order valence-electron chi connectivity index (χ2n) is 6.06. The number of aryl methyl sites for hydroxylation is 2. The normalized spacial score (nSPS) is 18.6. The Bertz CT molecular complexity index is 586. The first-order valence-corrected chi connectivity index (χ1v) is 7.45. The SMILES string of the molecule is Cc1cc(C)cc(-c2cnn(CC3CCNC3)c2C)c1. The van der Waals surface area contributed by atoms with Gasteiger partial charge in [0.15, 0.2) is 0 Å². The molecule has 0 bridgehead atoms. The lowest BCUT2D eigenvalue weighted by molar-refractivity contribution is 0.443. The van der Waals surface area contributed by atoms with Gasteiger partial charge in [0.1, 0.15) is 0 Å². The van der Waals surface area contributed by atoms with Crippen LogP contribution in [0.15, 0.2) is 24.4 Å². The van der Waals surface area contributed by atoms with Crippen molar-refractivity contribution in [2.75, 3.05) is 13.1 Å². The molecule has 1 unspecified atom stereocenters. The van der Waals surface area contributed by atoms with Crippen LogP contribution < -0.4 is 5.32 Å². The number of hydrogen-bond donors (Lipinski definition) is 1. The van der Waals surface area contributed by atoms with Crippen molar-refractivity contribution in [1.82, 2.24) is 15.1 Å². The zero-order chi connectivity index (χ0) is 14.1. The zero-order valence-electron chi connectivity index (χ0n) is 12.6. The van der Waals surface area contributed by atoms with Gasteiger partial charge in [-0.1, -0.05) is 29.3 Å². The topological polar surface area (TPSA) is 29.9 Å². The fourth-order valence-corrected chi connectivity index (χ4v) is 3.16. The molecule has 0 spiro atoms. The third-order valence-electron chi connectivity index (χ3n) is 4.23. The van der Waals surface area contributed by atoms with E-state index in [-0.39, 0.29) is 0 Å². The summed E-state index contributed by atoms with van der Waals surface area (Å²) >= 11 is 0. The Morgan fingerprint density at radius 2 is 1.95 bits per heavy atom. The zero-order valence-corrected chi connectivity index (χ0v) is 12.6. The van der Waals surface area contributed by atoms with E-state index in [1.165, 1.54) is 34.4 Å². The minimum absolute atomic E-state index is 0.723. The van der Waals surface area contributed by atoms with Crippen LogP contribution in [-0.4, -0.2) is 22.9 Å². The molecule has 2 aromatic rings. The van der Waals surface area contributed by atoms with Crippen molar-refractivity contribution in [3.05, 3.63) is 41.2 Å². The van der Waals surface area contributed by atoms with Crippen LogP contribution in [0, 0.1) is 26.7 Å². The Morgan fingerprint density at radius 1 is 1.20 bits per heavy atom. The third-order valence-corrected chi connectivity index (χ3v) is 4.23. The molecule has 0 aliphatic carbocycles. The highest BCUT2D eigenvalue weighted by Gasteiger charge is 2.17. The predicted octanol–water partition coefficient (Wildman–Crippen LogP) is 3.08. The van der Waals surface area contributed by atoms with E-state index >= 15 is 0 Å². The largest absolute Gasteiger partial charge is 0.316 e. The molecule has 3 rings (SSSR count). The molecule has 3 heteroatoms. The van der Waals surface area contributed by atoms with Gasteiger partial charge >= 0.3 is 0 Å². The Labute approximate surface area is 121 Å². The van der Waals surface area contributed by atoms with Gasteiger partial charge in [-0.05, 0) is 51.8 Å². The molecule has 1 aliphatic heterocycles. The summed E-state index contributed by atoms with van der Waals surface area (Å²) in [6.07, 6.45) is 3.28. The Morgan fingerprint density at radius 3 is 2.60 bits per heavy atom. The van der Waals surface area contributed by atoms with Crippen LogP contribution in [0.3, 0.4) is 0 Å². The molecule has 0 saturated carbocycles. The molecule has 3 nitrogen and oxygen atoms in total. The van der Waals surface area contributed by atoms with Crippen LogP contribution in [0.1, 0.15) is 23.2 Å². The first-order valence-electron chi connectivity index (χ1n) is 7.45. The van der Waals surface area contributed by atoms with E-state index in [0.29, 0.717) is 0 Å². The van der Waals surface area contributed by atoms with Crippen molar-refractivity contribution in [1.29, 1.82) is 0 Å². The van der Waals surface area contributed by atoms with Gasteiger partial charge in [-0.25, -0.2) is 0 Å². The molecule has 0 radical (unpaired) electrons. The summed E-state index contributed by atoms with van der Waals surface area (Å²) < 4.78 is 2.17. The molecular weight excluding hydrogens is 246 g/mol. The summed E-state index contributed by atoms with van der Waals surface area (Å²) in [5.74, 6) is 0.723. The fraction of sp³-hybridized carbons (Fsp3) is 0.471. The van der Waals surface area contributed by atoms with Crippen LogP contribution in [0.25, 0.3) is 11.1 Å². The van der Waals surface area contributed by atoms with Gasteiger partial charge in [0, 0.05) is 17.8 Å². The lowest BCUT2D eigenvalue weighted by Gasteiger charge is -2.11. The van der Waals surface area contributed by atoms with Gasteiger partial charge in [-0.2, -0.15) is 5.10 Å². The summed E-state index contributed by atoms with van der Waals surface area (Å²) in [5, 5.41) is 8.03. The molecule has 20 heavy (non-hydrogen) atoms.